The van der Waals surface area contributed by atoms with Crippen LogP contribution in [0.4, 0.5) is 11.4 Å². The third-order valence-corrected chi connectivity index (χ3v) is 7.43. The number of anilines is 2. The van der Waals surface area contributed by atoms with Crippen molar-refractivity contribution in [3.05, 3.63) is 93.6 Å². The molecule has 198 valence electrons. The lowest BCUT2D eigenvalue weighted by molar-refractivity contribution is -0.132. The highest BCUT2D eigenvalue weighted by Gasteiger charge is 2.47. The second kappa shape index (κ2) is 10.7. The zero-order chi connectivity index (χ0) is 27.7. The molecule has 1 unspecified atom stereocenters. The standard InChI is InChI=1S/C32H36N2O4/c1-8-33(9-2)24-14-11-23(12-15-24)28-27(29(35)26-17-19(3)16-22(6)31(26)38-7)30(36)32(37)34(28)25-13-10-20(4)21(5)18-25/h10-18,28,35H,8-9H2,1-7H3/b29-27+. The number of aliphatic hydroxyl groups is 1. The topological polar surface area (TPSA) is 70.1 Å². The number of rotatable bonds is 7. The molecule has 4 rings (SSSR count). The predicted octanol–water partition coefficient (Wildman–Crippen LogP) is 6.40. The number of aryl methyl sites for hydroxylation is 4. The summed E-state index contributed by atoms with van der Waals surface area (Å²) in [7, 11) is 1.53. The van der Waals surface area contributed by atoms with E-state index in [9.17, 15) is 14.7 Å². The summed E-state index contributed by atoms with van der Waals surface area (Å²) in [5, 5.41) is 11.7. The zero-order valence-electron chi connectivity index (χ0n) is 23.3. The van der Waals surface area contributed by atoms with Crippen molar-refractivity contribution in [2.75, 3.05) is 30.0 Å². The third kappa shape index (κ3) is 4.67. The molecule has 1 saturated heterocycles. The average Bonchev–Trinajstić information content (AvgIpc) is 3.16. The van der Waals surface area contributed by atoms with Crippen molar-refractivity contribution in [2.24, 2.45) is 0 Å². The highest BCUT2D eigenvalue weighted by atomic mass is 16.5. The first-order valence-electron chi connectivity index (χ1n) is 13.0. The van der Waals surface area contributed by atoms with Crippen LogP contribution in [0.2, 0.25) is 0 Å². The first kappa shape index (κ1) is 27.0. The van der Waals surface area contributed by atoms with Crippen LogP contribution in [0.5, 0.6) is 5.75 Å². The van der Waals surface area contributed by atoms with E-state index in [-0.39, 0.29) is 11.3 Å². The molecule has 3 aromatic rings. The summed E-state index contributed by atoms with van der Waals surface area (Å²) < 4.78 is 5.61. The maximum Gasteiger partial charge on any atom is 0.300 e. The molecule has 1 fully saturated rings. The Bertz CT molecular complexity index is 1420. The van der Waals surface area contributed by atoms with Crippen LogP contribution in [0.1, 0.15) is 53.3 Å². The number of ether oxygens (including phenoxy) is 1. The predicted molar refractivity (Wildman–Crippen MR) is 153 cm³/mol. The summed E-state index contributed by atoms with van der Waals surface area (Å²) in [6, 6.07) is 16.5. The van der Waals surface area contributed by atoms with E-state index >= 15 is 0 Å². The molecule has 1 atom stereocenters. The molecule has 0 radical (unpaired) electrons. The Morgan fingerprint density at radius 1 is 0.895 bits per heavy atom. The van der Waals surface area contributed by atoms with E-state index in [0.717, 1.165) is 46.6 Å². The van der Waals surface area contributed by atoms with Crippen LogP contribution in [-0.4, -0.2) is 37.0 Å². The summed E-state index contributed by atoms with van der Waals surface area (Å²) in [5.74, 6) is -1.16. The van der Waals surface area contributed by atoms with Gasteiger partial charge in [0.2, 0.25) is 0 Å². The van der Waals surface area contributed by atoms with Gasteiger partial charge in [-0.3, -0.25) is 14.5 Å². The molecule has 1 aliphatic heterocycles. The highest BCUT2D eigenvalue weighted by Crippen LogP contribution is 2.44. The molecular formula is C32H36N2O4. The molecule has 0 aromatic heterocycles. The molecule has 3 aromatic carbocycles. The van der Waals surface area contributed by atoms with Crippen LogP contribution < -0.4 is 14.5 Å². The second-order valence-electron chi connectivity index (χ2n) is 9.86. The number of carbonyl (C=O) groups is 2. The molecule has 0 spiro atoms. The summed E-state index contributed by atoms with van der Waals surface area (Å²) >= 11 is 0. The number of aliphatic hydroxyl groups excluding tert-OH is 1. The fourth-order valence-corrected chi connectivity index (χ4v) is 5.29. The van der Waals surface area contributed by atoms with Crippen molar-refractivity contribution in [1.82, 2.24) is 0 Å². The summed E-state index contributed by atoms with van der Waals surface area (Å²) in [6.45, 7) is 13.7. The Hall–Kier alpha value is -4.06. The van der Waals surface area contributed by atoms with E-state index in [2.05, 4.69) is 18.7 Å². The molecule has 0 aliphatic carbocycles. The summed E-state index contributed by atoms with van der Waals surface area (Å²) in [4.78, 5) is 30.9. The maximum atomic E-state index is 13.6. The van der Waals surface area contributed by atoms with E-state index in [1.165, 1.54) is 12.0 Å². The van der Waals surface area contributed by atoms with Crippen molar-refractivity contribution in [3.8, 4) is 5.75 Å². The van der Waals surface area contributed by atoms with Crippen molar-refractivity contribution >= 4 is 28.8 Å². The molecule has 1 aliphatic rings. The Labute approximate surface area is 225 Å². The van der Waals surface area contributed by atoms with Gasteiger partial charge in [0.15, 0.2) is 0 Å². The molecule has 1 amide bonds. The van der Waals surface area contributed by atoms with Gasteiger partial charge < -0.3 is 14.7 Å². The minimum Gasteiger partial charge on any atom is -0.507 e. The van der Waals surface area contributed by atoms with Crippen LogP contribution in [0.15, 0.2) is 60.2 Å². The molecule has 6 heteroatoms. The Morgan fingerprint density at radius 3 is 2.13 bits per heavy atom. The van der Waals surface area contributed by atoms with E-state index < -0.39 is 17.7 Å². The number of Topliss-reactive ketones (excluding diaryl/α,β-unsaturated/α-hetero) is 1. The van der Waals surface area contributed by atoms with Gasteiger partial charge >= 0.3 is 0 Å². The summed E-state index contributed by atoms with van der Waals surface area (Å²) in [5.41, 5.74) is 6.69. The molecule has 1 heterocycles. The number of amides is 1. The Balaban J connectivity index is 1.98. The summed E-state index contributed by atoms with van der Waals surface area (Å²) in [6.07, 6.45) is 0. The number of methoxy groups -OCH3 is 1. The van der Waals surface area contributed by atoms with Gasteiger partial charge in [0.05, 0.1) is 24.3 Å². The van der Waals surface area contributed by atoms with Gasteiger partial charge in [-0.1, -0.05) is 24.3 Å². The van der Waals surface area contributed by atoms with Gasteiger partial charge in [-0.15, -0.1) is 0 Å². The molecule has 0 saturated carbocycles. The van der Waals surface area contributed by atoms with Gasteiger partial charge in [0, 0.05) is 24.5 Å². The number of hydrogen-bond acceptors (Lipinski definition) is 5. The first-order chi connectivity index (χ1) is 18.1. The van der Waals surface area contributed by atoms with Gasteiger partial charge in [-0.05, 0) is 99.7 Å². The fourth-order valence-electron chi connectivity index (χ4n) is 5.29. The average molecular weight is 513 g/mol. The number of carbonyl (C=O) groups excluding carboxylic acids is 2. The normalized spacial score (nSPS) is 16.7. The molecule has 1 N–H and O–H groups in total. The molecule has 38 heavy (non-hydrogen) atoms. The Kier molecular flexibility index (Phi) is 7.63. The zero-order valence-corrected chi connectivity index (χ0v) is 23.3. The minimum absolute atomic E-state index is 0.0483. The van der Waals surface area contributed by atoms with Crippen LogP contribution in [0.25, 0.3) is 5.76 Å². The number of ketones is 1. The van der Waals surface area contributed by atoms with Crippen molar-refractivity contribution in [2.45, 2.75) is 47.6 Å². The van der Waals surface area contributed by atoms with Crippen molar-refractivity contribution < 1.29 is 19.4 Å². The van der Waals surface area contributed by atoms with Crippen LogP contribution in [0, 0.1) is 27.7 Å². The van der Waals surface area contributed by atoms with Crippen LogP contribution >= 0.6 is 0 Å². The van der Waals surface area contributed by atoms with Gasteiger partial charge in [-0.2, -0.15) is 0 Å². The largest absolute Gasteiger partial charge is 0.507 e. The van der Waals surface area contributed by atoms with Gasteiger partial charge in [0.1, 0.15) is 11.5 Å². The fraction of sp³-hybridized carbons (Fsp3) is 0.312. The van der Waals surface area contributed by atoms with Crippen molar-refractivity contribution in [1.29, 1.82) is 0 Å². The van der Waals surface area contributed by atoms with E-state index in [0.29, 0.717) is 17.0 Å². The quantitative estimate of drug-likeness (QED) is 0.225. The smallest absolute Gasteiger partial charge is 0.300 e. The van der Waals surface area contributed by atoms with E-state index in [1.54, 1.807) is 6.07 Å². The first-order valence-corrected chi connectivity index (χ1v) is 13.0. The van der Waals surface area contributed by atoms with Gasteiger partial charge in [-0.25, -0.2) is 0 Å². The van der Waals surface area contributed by atoms with E-state index in [4.69, 9.17) is 4.74 Å². The number of benzene rings is 3. The monoisotopic (exact) mass is 512 g/mol. The third-order valence-electron chi connectivity index (χ3n) is 7.43. The lowest BCUT2D eigenvalue weighted by Gasteiger charge is -2.27. The molecular weight excluding hydrogens is 476 g/mol. The minimum atomic E-state index is -0.798. The molecule has 0 bridgehead atoms. The maximum absolute atomic E-state index is 13.6. The molecule has 6 nitrogen and oxygen atoms in total. The number of hydrogen-bond donors (Lipinski definition) is 1. The number of nitrogens with zero attached hydrogens (tertiary/aromatic N) is 2. The van der Waals surface area contributed by atoms with E-state index in [1.807, 2.05) is 76.2 Å². The second-order valence-corrected chi connectivity index (χ2v) is 9.86. The van der Waals surface area contributed by atoms with Gasteiger partial charge in [0.25, 0.3) is 11.7 Å². The van der Waals surface area contributed by atoms with Crippen molar-refractivity contribution in [3.63, 3.8) is 0 Å². The SMILES string of the molecule is CCN(CC)c1ccc(C2/C(=C(\O)c3cc(C)cc(C)c3OC)C(=O)C(=O)N2c2ccc(C)c(C)c2)cc1. The lowest BCUT2D eigenvalue weighted by atomic mass is 9.93. The highest BCUT2D eigenvalue weighted by molar-refractivity contribution is 6.51. The lowest BCUT2D eigenvalue weighted by Crippen LogP contribution is -2.29. The van der Waals surface area contributed by atoms with Crippen LogP contribution in [0.3, 0.4) is 0 Å². The van der Waals surface area contributed by atoms with Crippen LogP contribution in [-0.2, 0) is 9.59 Å². The Morgan fingerprint density at radius 2 is 1.55 bits per heavy atom.